The van der Waals surface area contributed by atoms with Gasteiger partial charge < -0.3 is 10.4 Å². The van der Waals surface area contributed by atoms with Crippen molar-refractivity contribution in [3.63, 3.8) is 0 Å². The van der Waals surface area contributed by atoms with Gasteiger partial charge >= 0.3 is 5.97 Å². The van der Waals surface area contributed by atoms with Gasteiger partial charge in [0.1, 0.15) is 6.04 Å². The third-order valence-electron chi connectivity index (χ3n) is 4.59. The summed E-state index contributed by atoms with van der Waals surface area (Å²) >= 11 is 0. The van der Waals surface area contributed by atoms with Crippen molar-refractivity contribution in [3.05, 3.63) is 0 Å². The van der Waals surface area contributed by atoms with Gasteiger partial charge in [0.25, 0.3) is 0 Å². The van der Waals surface area contributed by atoms with Crippen LogP contribution in [0, 0.1) is 5.92 Å². The Morgan fingerprint density at radius 3 is 2.55 bits per heavy atom. The Morgan fingerprint density at radius 2 is 1.85 bits per heavy atom. The zero-order valence-electron chi connectivity index (χ0n) is 12.1. The maximum Gasteiger partial charge on any atom is 0.320 e. The summed E-state index contributed by atoms with van der Waals surface area (Å²) < 4.78 is 0. The lowest BCUT2D eigenvalue weighted by Gasteiger charge is -2.22. The predicted molar refractivity (Wildman–Crippen MR) is 76.4 cm³/mol. The summed E-state index contributed by atoms with van der Waals surface area (Å²) in [5.74, 6) is -0.0749. The van der Waals surface area contributed by atoms with Crippen LogP contribution in [0.15, 0.2) is 0 Å². The van der Waals surface area contributed by atoms with E-state index in [9.17, 15) is 9.59 Å². The van der Waals surface area contributed by atoms with Crippen LogP contribution in [-0.2, 0) is 9.59 Å². The number of carboxylic acid groups (broad SMARTS) is 1. The second kappa shape index (κ2) is 7.62. The molecule has 1 atom stereocenters. The highest BCUT2D eigenvalue weighted by Crippen LogP contribution is 2.25. The molecule has 0 aromatic carbocycles. The van der Waals surface area contributed by atoms with Crippen LogP contribution < -0.4 is 5.32 Å². The molecular weight excluding hydrogens is 256 g/mol. The smallest absolute Gasteiger partial charge is 0.320 e. The van der Waals surface area contributed by atoms with Crippen molar-refractivity contribution in [2.75, 3.05) is 19.6 Å². The van der Waals surface area contributed by atoms with Gasteiger partial charge in [-0.05, 0) is 31.7 Å². The van der Waals surface area contributed by atoms with Crippen molar-refractivity contribution in [3.8, 4) is 0 Å². The largest absolute Gasteiger partial charge is 0.480 e. The first kappa shape index (κ1) is 15.3. The molecule has 0 spiro atoms. The highest BCUT2D eigenvalue weighted by Gasteiger charge is 2.31. The molecule has 0 bridgehead atoms. The Kier molecular flexibility index (Phi) is 5.83. The normalized spacial score (nSPS) is 24.7. The molecule has 114 valence electrons. The first-order valence-corrected chi connectivity index (χ1v) is 7.90. The van der Waals surface area contributed by atoms with E-state index in [0.717, 1.165) is 25.3 Å². The molecule has 1 saturated heterocycles. The number of likely N-dealkylation sites (tertiary alicyclic amines) is 1. The van der Waals surface area contributed by atoms with Gasteiger partial charge in [0, 0.05) is 6.54 Å². The molecule has 5 heteroatoms. The summed E-state index contributed by atoms with van der Waals surface area (Å²) in [5.41, 5.74) is 0. The molecule has 1 aliphatic carbocycles. The first-order valence-electron chi connectivity index (χ1n) is 7.90. The average Bonchev–Trinajstić information content (AvgIpc) is 2.88. The van der Waals surface area contributed by atoms with Gasteiger partial charge in [-0.2, -0.15) is 0 Å². The van der Waals surface area contributed by atoms with E-state index in [1.54, 1.807) is 4.90 Å². The summed E-state index contributed by atoms with van der Waals surface area (Å²) in [6, 6.07) is -0.473. The zero-order valence-corrected chi connectivity index (χ0v) is 12.1. The van der Waals surface area contributed by atoms with E-state index < -0.39 is 12.0 Å². The van der Waals surface area contributed by atoms with Crippen molar-refractivity contribution in [1.82, 2.24) is 10.2 Å². The molecule has 1 amide bonds. The fourth-order valence-electron chi connectivity index (χ4n) is 3.43. The number of carboxylic acids is 1. The number of hydrogen-bond acceptors (Lipinski definition) is 3. The molecule has 1 saturated carbocycles. The summed E-state index contributed by atoms with van der Waals surface area (Å²) in [4.78, 5) is 24.7. The van der Waals surface area contributed by atoms with E-state index in [4.69, 9.17) is 5.11 Å². The Morgan fingerprint density at radius 1 is 1.10 bits per heavy atom. The highest BCUT2D eigenvalue weighted by molar-refractivity contribution is 5.80. The molecule has 2 aliphatic rings. The minimum atomic E-state index is -0.808. The highest BCUT2D eigenvalue weighted by atomic mass is 16.4. The Hall–Kier alpha value is -1.10. The number of amides is 1. The van der Waals surface area contributed by atoms with Crippen molar-refractivity contribution in [2.24, 2.45) is 5.92 Å². The third kappa shape index (κ3) is 4.47. The quantitative estimate of drug-likeness (QED) is 0.777. The van der Waals surface area contributed by atoms with Crippen LogP contribution >= 0.6 is 0 Å². The van der Waals surface area contributed by atoms with Crippen LogP contribution in [0.1, 0.15) is 51.4 Å². The Balaban J connectivity index is 1.63. The summed E-state index contributed by atoms with van der Waals surface area (Å²) in [7, 11) is 0. The lowest BCUT2D eigenvalue weighted by Crippen LogP contribution is -2.43. The number of nitrogens with one attached hydrogen (secondary N) is 1. The maximum atomic E-state index is 11.9. The second-order valence-corrected chi connectivity index (χ2v) is 6.11. The van der Waals surface area contributed by atoms with E-state index in [2.05, 4.69) is 5.32 Å². The minimum absolute atomic E-state index is 0.0334. The van der Waals surface area contributed by atoms with Crippen LogP contribution in [-0.4, -0.2) is 47.6 Å². The van der Waals surface area contributed by atoms with E-state index in [0.29, 0.717) is 13.0 Å². The maximum absolute atomic E-state index is 11.9. The lowest BCUT2D eigenvalue weighted by molar-refractivity contribution is -0.142. The van der Waals surface area contributed by atoms with Gasteiger partial charge in [-0.3, -0.25) is 14.5 Å². The Labute approximate surface area is 120 Å². The summed E-state index contributed by atoms with van der Waals surface area (Å²) in [5, 5.41) is 12.0. The van der Waals surface area contributed by atoms with Gasteiger partial charge in [-0.25, -0.2) is 0 Å². The molecular formula is C15H26N2O3. The van der Waals surface area contributed by atoms with Crippen LogP contribution in [0.5, 0.6) is 0 Å². The molecule has 0 radical (unpaired) electrons. The van der Waals surface area contributed by atoms with Gasteiger partial charge in [-0.1, -0.05) is 32.1 Å². The topological polar surface area (TPSA) is 69.6 Å². The summed E-state index contributed by atoms with van der Waals surface area (Å²) in [6.07, 6.45) is 9.19. The first-order chi connectivity index (χ1) is 9.66. The van der Waals surface area contributed by atoms with Crippen molar-refractivity contribution in [1.29, 1.82) is 0 Å². The minimum Gasteiger partial charge on any atom is -0.480 e. The predicted octanol–water partition coefficient (Wildman–Crippen LogP) is 1.62. The molecule has 0 unspecified atom stereocenters. The molecule has 2 N–H and O–H groups in total. The molecule has 1 heterocycles. The van der Waals surface area contributed by atoms with Gasteiger partial charge in [0.2, 0.25) is 5.91 Å². The third-order valence-corrected chi connectivity index (χ3v) is 4.59. The van der Waals surface area contributed by atoms with Crippen LogP contribution in [0.3, 0.4) is 0 Å². The number of hydrogen-bond donors (Lipinski definition) is 2. The number of rotatable bonds is 6. The number of carbonyl (C=O) groups excluding carboxylic acids is 1. The Bertz CT molecular complexity index is 340. The van der Waals surface area contributed by atoms with Gasteiger partial charge in [0.05, 0.1) is 6.54 Å². The van der Waals surface area contributed by atoms with E-state index in [1.807, 2.05) is 0 Å². The van der Waals surface area contributed by atoms with E-state index >= 15 is 0 Å². The number of carbonyl (C=O) groups is 2. The zero-order chi connectivity index (χ0) is 14.4. The lowest BCUT2D eigenvalue weighted by atomic mass is 9.87. The fraction of sp³-hybridized carbons (Fsp3) is 0.867. The molecule has 2 rings (SSSR count). The fourth-order valence-corrected chi connectivity index (χ4v) is 3.43. The van der Waals surface area contributed by atoms with Crippen molar-refractivity contribution >= 4 is 11.9 Å². The number of nitrogens with zero attached hydrogens (tertiary/aromatic N) is 1. The SMILES string of the molecule is O=C(CN1CCC[C@@H]1C(=O)O)NCCC1CCCCC1. The molecule has 5 nitrogen and oxygen atoms in total. The molecule has 0 aromatic heterocycles. The average molecular weight is 282 g/mol. The molecule has 20 heavy (non-hydrogen) atoms. The van der Waals surface area contributed by atoms with Crippen LogP contribution in [0.25, 0.3) is 0 Å². The number of aliphatic carboxylic acids is 1. The molecule has 2 fully saturated rings. The monoisotopic (exact) mass is 282 g/mol. The molecule has 1 aliphatic heterocycles. The van der Waals surface area contributed by atoms with Crippen molar-refractivity contribution < 1.29 is 14.7 Å². The van der Waals surface area contributed by atoms with Gasteiger partial charge in [0.15, 0.2) is 0 Å². The second-order valence-electron chi connectivity index (χ2n) is 6.11. The molecule has 0 aromatic rings. The van der Waals surface area contributed by atoms with Crippen molar-refractivity contribution in [2.45, 2.75) is 57.4 Å². The summed E-state index contributed by atoms with van der Waals surface area (Å²) in [6.45, 7) is 1.67. The van der Waals surface area contributed by atoms with Gasteiger partial charge in [-0.15, -0.1) is 0 Å². The van der Waals surface area contributed by atoms with Crippen LogP contribution in [0.4, 0.5) is 0 Å². The van der Waals surface area contributed by atoms with E-state index in [1.165, 1.54) is 32.1 Å². The van der Waals surface area contributed by atoms with Crippen LogP contribution in [0.2, 0.25) is 0 Å². The standard InChI is InChI=1S/C15H26N2O3/c18-14(11-17-10-4-7-13(17)15(19)20)16-9-8-12-5-2-1-3-6-12/h12-13H,1-11H2,(H,16,18)(H,19,20)/t13-/m1/s1. The van der Waals surface area contributed by atoms with E-state index in [-0.39, 0.29) is 12.5 Å².